The topological polar surface area (TPSA) is 92.3 Å². The van der Waals surface area contributed by atoms with Gasteiger partial charge in [0.05, 0.1) is 4.90 Å². The molecule has 1 aromatic heterocycles. The molecule has 1 fully saturated rings. The molecule has 1 aliphatic rings. The predicted octanol–water partition coefficient (Wildman–Crippen LogP) is 3.44. The molecular formula is C19H18N4O3S2. The fourth-order valence-electron chi connectivity index (χ4n) is 2.98. The van der Waals surface area contributed by atoms with Gasteiger partial charge in [0.2, 0.25) is 11.0 Å². The summed E-state index contributed by atoms with van der Waals surface area (Å²) in [6.07, 6.45) is 1.35. The standard InChI is InChI=1S/C19H18N4O3S2/c1-13-4-6-14(7-5-13)18-20-21-19(27-18)22-28(25,26)16-10-8-15(9-11-16)23-12-2-3-17(23)24/h4-11H,2-3,12H2,1H3,(H,21,22). The van der Waals surface area contributed by atoms with Crippen LogP contribution in [0.4, 0.5) is 10.8 Å². The van der Waals surface area contributed by atoms with Crippen LogP contribution in [0.3, 0.4) is 0 Å². The molecule has 4 rings (SSSR count). The summed E-state index contributed by atoms with van der Waals surface area (Å²) in [6.45, 7) is 2.66. The molecule has 7 nitrogen and oxygen atoms in total. The number of nitrogens with one attached hydrogen (secondary N) is 1. The molecule has 1 amide bonds. The van der Waals surface area contributed by atoms with Crippen LogP contribution >= 0.6 is 11.3 Å². The molecule has 2 aromatic carbocycles. The number of hydrogen-bond acceptors (Lipinski definition) is 6. The van der Waals surface area contributed by atoms with Gasteiger partial charge in [-0.05, 0) is 37.6 Å². The van der Waals surface area contributed by atoms with E-state index in [0.717, 1.165) is 17.5 Å². The van der Waals surface area contributed by atoms with Gasteiger partial charge >= 0.3 is 0 Å². The van der Waals surface area contributed by atoms with E-state index >= 15 is 0 Å². The van der Waals surface area contributed by atoms with E-state index in [2.05, 4.69) is 14.9 Å². The molecule has 1 N–H and O–H groups in total. The van der Waals surface area contributed by atoms with E-state index in [1.54, 1.807) is 17.0 Å². The maximum Gasteiger partial charge on any atom is 0.263 e. The lowest BCUT2D eigenvalue weighted by Crippen LogP contribution is -2.23. The second kappa shape index (κ2) is 7.33. The molecule has 0 saturated carbocycles. The summed E-state index contributed by atoms with van der Waals surface area (Å²) < 4.78 is 27.7. The van der Waals surface area contributed by atoms with Crippen LogP contribution in [0.25, 0.3) is 10.6 Å². The Kier molecular flexibility index (Phi) is 4.86. The summed E-state index contributed by atoms with van der Waals surface area (Å²) in [6, 6.07) is 14.1. The first-order chi connectivity index (χ1) is 13.4. The van der Waals surface area contributed by atoms with Gasteiger partial charge in [0.25, 0.3) is 10.0 Å². The third-order valence-electron chi connectivity index (χ3n) is 4.48. The zero-order chi connectivity index (χ0) is 19.7. The fraction of sp³-hybridized carbons (Fsp3) is 0.211. The zero-order valence-electron chi connectivity index (χ0n) is 15.1. The van der Waals surface area contributed by atoms with Gasteiger partial charge in [0.1, 0.15) is 5.01 Å². The minimum absolute atomic E-state index is 0.0613. The largest absolute Gasteiger partial charge is 0.312 e. The lowest BCUT2D eigenvalue weighted by molar-refractivity contribution is -0.117. The molecule has 9 heteroatoms. The van der Waals surface area contributed by atoms with Gasteiger partial charge in [-0.25, -0.2) is 8.42 Å². The quantitative estimate of drug-likeness (QED) is 0.690. The van der Waals surface area contributed by atoms with Crippen LogP contribution in [-0.2, 0) is 14.8 Å². The maximum absolute atomic E-state index is 12.6. The first kappa shape index (κ1) is 18.6. The highest BCUT2D eigenvalue weighted by molar-refractivity contribution is 7.93. The van der Waals surface area contributed by atoms with Crippen molar-refractivity contribution in [1.82, 2.24) is 10.2 Å². The minimum Gasteiger partial charge on any atom is -0.312 e. The van der Waals surface area contributed by atoms with Crippen molar-refractivity contribution in [1.29, 1.82) is 0 Å². The monoisotopic (exact) mass is 414 g/mol. The van der Waals surface area contributed by atoms with Crippen molar-refractivity contribution < 1.29 is 13.2 Å². The molecule has 3 aromatic rings. The average molecular weight is 415 g/mol. The van der Waals surface area contributed by atoms with Gasteiger partial charge in [-0.1, -0.05) is 41.2 Å². The number of rotatable bonds is 5. The normalized spacial score (nSPS) is 14.5. The molecule has 2 heterocycles. The SMILES string of the molecule is Cc1ccc(-c2nnc(NS(=O)(=O)c3ccc(N4CCCC4=O)cc3)s2)cc1. The number of sulfonamides is 1. The molecule has 1 saturated heterocycles. The average Bonchev–Trinajstić information content (AvgIpc) is 3.31. The van der Waals surface area contributed by atoms with Crippen LogP contribution in [0.15, 0.2) is 53.4 Å². The van der Waals surface area contributed by atoms with Gasteiger partial charge in [-0.2, -0.15) is 0 Å². The van der Waals surface area contributed by atoms with Crippen LogP contribution in [0.2, 0.25) is 0 Å². The van der Waals surface area contributed by atoms with E-state index in [0.29, 0.717) is 23.7 Å². The Hall–Kier alpha value is -2.78. The smallest absolute Gasteiger partial charge is 0.263 e. The molecule has 144 valence electrons. The number of carbonyl (C=O) groups is 1. The van der Waals surface area contributed by atoms with Crippen molar-refractivity contribution >= 4 is 38.1 Å². The Bertz CT molecular complexity index is 1110. The summed E-state index contributed by atoms with van der Waals surface area (Å²) in [7, 11) is -3.79. The second-order valence-corrected chi connectivity index (χ2v) is 9.19. The van der Waals surface area contributed by atoms with Crippen molar-refractivity contribution in [3.8, 4) is 10.6 Å². The molecule has 1 aliphatic heterocycles. The van der Waals surface area contributed by atoms with Crippen molar-refractivity contribution in [3.05, 3.63) is 54.1 Å². The molecule has 0 aliphatic carbocycles. The van der Waals surface area contributed by atoms with Gasteiger partial charge < -0.3 is 4.90 Å². The zero-order valence-corrected chi connectivity index (χ0v) is 16.8. The Balaban J connectivity index is 1.51. The molecule has 28 heavy (non-hydrogen) atoms. The number of hydrogen-bond donors (Lipinski definition) is 1. The Morgan fingerprint density at radius 1 is 1.04 bits per heavy atom. The van der Waals surface area contributed by atoms with Crippen molar-refractivity contribution in [2.75, 3.05) is 16.2 Å². The third kappa shape index (κ3) is 3.76. The van der Waals surface area contributed by atoms with Crippen molar-refractivity contribution in [2.24, 2.45) is 0 Å². The van der Waals surface area contributed by atoms with Crippen LogP contribution in [0, 0.1) is 6.92 Å². The first-order valence-corrected chi connectivity index (χ1v) is 11.1. The van der Waals surface area contributed by atoms with Crippen molar-refractivity contribution in [3.63, 3.8) is 0 Å². The number of aromatic nitrogens is 2. The Labute approximate surface area is 167 Å². The molecule has 0 bridgehead atoms. The fourth-order valence-corrected chi connectivity index (χ4v) is 4.96. The van der Waals surface area contributed by atoms with Crippen LogP contribution in [0.5, 0.6) is 0 Å². The summed E-state index contributed by atoms with van der Waals surface area (Å²) in [4.78, 5) is 13.6. The number of carbonyl (C=O) groups excluding carboxylic acids is 1. The second-order valence-electron chi connectivity index (χ2n) is 6.53. The summed E-state index contributed by atoms with van der Waals surface area (Å²) >= 11 is 1.17. The summed E-state index contributed by atoms with van der Waals surface area (Å²) in [5.74, 6) is 0.0613. The first-order valence-electron chi connectivity index (χ1n) is 8.76. The molecular weight excluding hydrogens is 396 g/mol. The van der Waals surface area contributed by atoms with Gasteiger partial charge in [0, 0.05) is 24.2 Å². The maximum atomic E-state index is 12.6. The molecule has 0 spiro atoms. The Morgan fingerprint density at radius 2 is 1.75 bits per heavy atom. The minimum atomic E-state index is -3.79. The van der Waals surface area contributed by atoms with Gasteiger partial charge in [-0.15, -0.1) is 10.2 Å². The van der Waals surface area contributed by atoms with Crippen LogP contribution < -0.4 is 9.62 Å². The van der Waals surface area contributed by atoms with E-state index in [1.807, 2.05) is 31.2 Å². The summed E-state index contributed by atoms with van der Waals surface area (Å²) in [5, 5.41) is 8.85. The lowest BCUT2D eigenvalue weighted by atomic mass is 10.2. The highest BCUT2D eigenvalue weighted by Crippen LogP contribution is 2.29. The Morgan fingerprint density at radius 3 is 2.39 bits per heavy atom. The lowest BCUT2D eigenvalue weighted by Gasteiger charge is -2.15. The molecule has 0 atom stereocenters. The van der Waals surface area contributed by atoms with E-state index in [-0.39, 0.29) is 15.9 Å². The third-order valence-corrected chi connectivity index (χ3v) is 6.85. The van der Waals surface area contributed by atoms with Gasteiger partial charge in [-0.3, -0.25) is 9.52 Å². The predicted molar refractivity (Wildman–Crippen MR) is 109 cm³/mol. The highest BCUT2D eigenvalue weighted by Gasteiger charge is 2.23. The van der Waals surface area contributed by atoms with Crippen molar-refractivity contribution in [2.45, 2.75) is 24.7 Å². The van der Waals surface area contributed by atoms with E-state index in [9.17, 15) is 13.2 Å². The number of aryl methyl sites for hydroxylation is 1. The number of anilines is 2. The summed E-state index contributed by atoms with van der Waals surface area (Å²) in [5.41, 5.74) is 2.72. The van der Waals surface area contributed by atoms with Crippen LogP contribution in [0.1, 0.15) is 18.4 Å². The molecule has 0 unspecified atom stereocenters. The molecule has 0 radical (unpaired) electrons. The van der Waals surface area contributed by atoms with E-state index < -0.39 is 10.0 Å². The van der Waals surface area contributed by atoms with E-state index in [4.69, 9.17) is 0 Å². The van der Waals surface area contributed by atoms with Crippen LogP contribution in [-0.4, -0.2) is 31.1 Å². The van der Waals surface area contributed by atoms with E-state index in [1.165, 1.54) is 23.5 Å². The highest BCUT2D eigenvalue weighted by atomic mass is 32.2. The number of benzene rings is 2. The van der Waals surface area contributed by atoms with Gasteiger partial charge in [0.15, 0.2) is 0 Å². The number of amides is 1. The number of nitrogens with zero attached hydrogens (tertiary/aromatic N) is 3.